The highest BCUT2D eigenvalue weighted by Gasteiger charge is 2.07. The minimum atomic E-state index is -0.199. The normalized spacial score (nSPS) is 10.7. The van der Waals surface area contributed by atoms with Crippen LogP contribution in [0.15, 0.2) is 10.5 Å². The third-order valence-electron chi connectivity index (χ3n) is 2.86. The Hall–Kier alpha value is -1.61. The van der Waals surface area contributed by atoms with Gasteiger partial charge in [0.2, 0.25) is 0 Å². The Morgan fingerprint density at radius 2 is 2.23 bits per heavy atom. The number of hydrogen-bond acceptors (Lipinski definition) is 6. The van der Waals surface area contributed by atoms with Gasteiger partial charge in [0, 0.05) is 25.0 Å². The molecular weight excluding hydrogens is 320 g/mol. The maximum atomic E-state index is 11.8. The summed E-state index contributed by atoms with van der Waals surface area (Å²) in [6.07, 6.45) is 2.71. The van der Waals surface area contributed by atoms with E-state index in [9.17, 15) is 4.79 Å². The molecule has 2 heterocycles. The van der Waals surface area contributed by atoms with E-state index in [2.05, 4.69) is 25.9 Å². The molecule has 2 N–H and O–H groups in total. The van der Waals surface area contributed by atoms with Crippen molar-refractivity contribution in [3.8, 4) is 0 Å². The lowest BCUT2D eigenvalue weighted by Crippen LogP contribution is -2.29. The van der Waals surface area contributed by atoms with Gasteiger partial charge in [-0.2, -0.15) is 5.10 Å². The van der Waals surface area contributed by atoms with Gasteiger partial charge in [0.1, 0.15) is 5.01 Å². The van der Waals surface area contributed by atoms with Gasteiger partial charge in [-0.25, -0.2) is 4.79 Å². The molecule has 0 unspecified atom stereocenters. The molecule has 0 saturated heterocycles. The zero-order valence-corrected chi connectivity index (χ0v) is 14.6. The number of urea groups is 1. The Labute approximate surface area is 137 Å². The van der Waals surface area contributed by atoms with Crippen LogP contribution in [0.3, 0.4) is 0 Å². The van der Waals surface area contributed by atoms with Gasteiger partial charge in [-0.1, -0.05) is 23.1 Å². The molecule has 0 spiro atoms. The maximum Gasteiger partial charge on any atom is 0.319 e. The molecule has 0 aromatic carbocycles. The molecule has 0 atom stereocenters. The number of carbonyl (C=O) groups is 1. The Morgan fingerprint density at radius 1 is 1.41 bits per heavy atom. The largest absolute Gasteiger partial charge is 0.338 e. The Balaban J connectivity index is 1.64. The summed E-state index contributed by atoms with van der Waals surface area (Å²) in [5.41, 5.74) is 1.57. The number of hydrogen-bond donors (Lipinski definition) is 2. The fourth-order valence-corrected chi connectivity index (χ4v) is 3.56. The molecule has 2 rings (SSSR count). The van der Waals surface area contributed by atoms with Gasteiger partial charge in [-0.05, 0) is 27.2 Å². The van der Waals surface area contributed by atoms with Gasteiger partial charge in [0.15, 0.2) is 4.34 Å². The van der Waals surface area contributed by atoms with E-state index in [0.29, 0.717) is 6.54 Å². The minimum Gasteiger partial charge on any atom is -0.338 e. The molecule has 0 radical (unpaired) electrons. The monoisotopic (exact) mass is 340 g/mol. The van der Waals surface area contributed by atoms with Crippen molar-refractivity contribution in [2.45, 2.75) is 38.1 Å². The van der Waals surface area contributed by atoms with E-state index in [1.165, 1.54) is 0 Å². The van der Waals surface area contributed by atoms with Crippen LogP contribution in [0, 0.1) is 13.8 Å². The summed E-state index contributed by atoms with van der Waals surface area (Å²) in [4.78, 5) is 11.8. The summed E-state index contributed by atoms with van der Waals surface area (Å²) in [5.74, 6) is 0.904. The lowest BCUT2D eigenvalue weighted by molar-refractivity contribution is 0.252. The van der Waals surface area contributed by atoms with Crippen LogP contribution in [-0.2, 0) is 6.54 Å². The molecule has 2 aromatic heterocycles. The van der Waals surface area contributed by atoms with E-state index in [1.807, 2.05) is 27.0 Å². The van der Waals surface area contributed by atoms with E-state index in [4.69, 9.17) is 0 Å². The van der Waals surface area contributed by atoms with Crippen LogP contribution in [0.5, 0.6) is 0 Å². The third-order valence-corrected chi connectivity index (χ3v) is 4.92. The van der Waals surface area contributed by atoms with E-state index >= 15 is 0 Å². The van der Waals surface area contributed by atoms with Crippen molar-refractivity contribution >= 4 is 34.8 Å². The van der Waals surface area contributed by atoms with Crippen LogP contribution in [0.2, 0.25) is 0 Å². The quantitative estimate of drug-likeness (QED) is 0.598. The van der Waals surface area contributed by atoms with Crippen molar-refractivity contribution in [1.82, 2.24) is 25.3 Å². The number of nitrogens with zero attached hydrogens (tertiary/aromatic N) is 4. The Kier molecular flexibility index (Phi) is 6.20. The topological polar surface area (TPSA) is 84.7 Å². The third kappa shape index (κ3) is 4.99. The number of nitrogens with one attached hydrogen (secondary N) is 2. The standard InChI is InChI=1S/C13H20N6OS2/c1-4-19-8-11(9(2)18-19)15-12(20)14-6-5-7-21-13-17-16-10(3)22-13/h8H,4-7H2,1-3H3,(H2,14,15,20). The van der Waals surface area contributed by atoms with Crippen molar-refractivity contribution in [2.75, 3.05) is 17.6 Å². The Bertz CT molecular complexity index is 624. The zero-order valence-electron chi connectivity index (χ0n) is 12.9. The summed E-state index contributed by atoms with van der Waals surface area (Å²) in [6, 6.07) is -0.199. The second-order valence-corrected chi connectivity index (χ2v) is 7.18. The first-order valence-electron chi connectivity index (χ1n) is 7.10. The maximum absolute atomic E-state index is 11.8. The van der Waals surface area contributed by atoms with Crippen molar-refractivity contribution in [3.63, 3.8) is 0 Å². The smallest absolute Gasteiger partial charge is 0.319 e. The molecule has 0 aliphatic carbocycles. The van der Waals surface area contributed by atoms with E-state index in [-0.39, 0.29) is 6.03 Å². The fourth-order valence-electron chi connectivity index (χ4n) is 1.74. The number of thioether (sulfide) groups is 1. The molecule has 7 nitrogen and oxygen atoms in total. The van der Waals surface area contributed by atoms with E-state index < -0.39 is 0 Å². The highest BCUT2D eigenvalue weighted by Crippen LogP contribution is 2.22. The number of amides is 2. The van der Waals surface area contributed by atoms with Gasteiger partial charge in [0.25, 0.3) is 0 Å². The van der Waals surface area contributed by atoms with Gasteiger partial charge >= 0.3 is 6.03 Å². The zero-order chi connectivity index (χ0) is 15.9. The van der Waals surface area contributed by atoms with Crippen molar-refractivity contribution in [3.05, 3.63) is 16.9 Å². The number of carbonyl (C=O) groups excluding carboxylic acids is 1. The SMILES string of the molecule is CCn1cc(NC(=O)NCCCSc2nnc(C)s2)c(C)n1. The van der Waals surface area contributed by atoms with Gasteiger partial charge in [0.05, 0.1) is 11.4 Å². The molecule has 0 bridgehead atoms. The molecule has 0 fully saturated rings. The summed E-state index contributed by atoms with van der Waals surface area (Å²) in [5, 5.41) is 18.9. The van der Waals surface area contributed by atoms with Crippen LogP contribution in [0.25, 0.3) is 0 Å². The first-order chi connectivity index (χ1) is 10.6. The lowest BCUT2D eigenvalue weighted by Gasteiger charge is -2.06. The predicted molar refractivity (Wildman–Crippen MR) is 89.6 cm³/mol. The first-order valence-corrected chi connectivity index (χ1v) is 8.90. The molecule has 9 heteroatoms. The second-order valence-electron chi connectivity index (χ2n) is 4.65. The summed E-state index contributed by atoms with van der Waals surface area (Å²) >= 11 is 3.26. The summed E-state index contributed by atoms with van der Waals surface area (Å²) in [6.45, 7) is 7.23. The highest BCUT2D eigenvalue weighted by atomic mass is 32.2. The molecule has 0 saturated carbocycles. The van der Waals surface area contributed by atoms with Crippen LogP contribution in [0.4, 0.5) is 10.5 Å². The minimum absolute atomic E-state index is 0.199. The molecule has 2 amide bonds. The predicted octanol–water partition coefficient (Wildman–Crippen LogP) is 2.68. The van der Waals surface area contributed by atoms with Crippen molar-refractivity contribution in [1.29, 1.82) is 0 Å². The summed E-state index contributed by atoms with van der Waals surface area (Å²) < 4.78 is 2.77. The molecule has 22 heavy (non-hydrogen) atoms. The van der Waals surface area contributed by atoms with Crippen LogP contribution in [-0.4, -0.2) is 38.3 Å². The Morgan fingerprint density at radius 3 is 2.86 bits per heavy atom. The highest BCUT2D eigenvalue weighted by molar-refractivity contribution is 8.01. The number of aromatic nitrogens is 4. The molecule has 2 aromatic rings. The fraction of sp³-hybridized carbons (Fsp3) is 0.538. The molecule has 120 valence electrons. The summed E-state index contributed by atoms with van der Waals surface area (Å²) in [7, 11) is 0. The average molecular weight is 340 g/mol. The first kappa shape index (κ1) is 16.8. The second kappa shape index (κ2) is 8.14. The molecule has 0 aliphatic heterocycles. The number of rotatable bonds is 7. The van der Waals surface area contributed by atoms with Crippen LogP contribution < -0.4 is 10.6 Å². The van der Waals surface area contributed by atoms with Crippen molar-refractivity contribution in [2.24, 2.45) is 0 Å². The number of anilines is 1. The van der Waals surface area contributed by atoms with Crippen LogP contribution in [0.1, 0.15) is 24.0 Å². The molecule has 0 aliphatic rings. The molecular formula is C13H20N6OS2. The average Bonchev–Trinajstić information content (AvgIpc) is 3.05. The van der Waals surface area contributed by atoms with E-state index in [1.54, 1.807) is 27.8 Å². The number of aryl methyl sites for hydroxylation is 3. The van der Waals surface area contributed by atoms with Gasteiger partial charge in [-0.15, -0.1) is 10.2 Å². The van der Waals surface area contributed by atoms with Crippen molar-refractivity contribution < 1.29 is 4.79 Å². The lowest BCUT2D eigenvalue weighted by atomic mass is 10.4. The van der Waals surface area contributed by atoms with Gasteiger partial charge in [-0.3, -0.25) is 4.68 Å². The van der Waals surface area contributed by atoms with Crippen LogP contribution >= 0.6 is 23.1 Å². The van der Waals surface area contributed by atoms with E-state index in [0.717, 1.165) is 39.4 Å². The van der Waals surface area contributed by atoms with Gasteiger partial charge < -0.3 is 10.6 Å².